The van der Waals surface area contributed by atoms with Crippen molar-refractivity contribution < 1.29 is 9.21 Å². The summed E-state index contributed by atoms with van der Waals surface area (Å²) in [6.45, 7) is 5.87. The molecule has 0 aliphatic heterocycles. The molecule has 0 atom stereocenters. The highest BCUT2D eigenvalue weighted by Crippen LogP contribution is 2.25. The number of amides is 1. The number of carbonyl (C=O) groups is 1. The molecule has 0 fully saturated rings. The lowest BCUT2D eigenvalue weighted by molar-refractivity contribution is -0.129. The maximum Gasteiger partial charge on any atom is 0.233 e. The summed E-state index contributed by atoms with van der Waals surface area (Å²) in [6, 6.07) is 16.0. The minimum absolute atomic E-state index is 0.0394. The maximum absolute atomic E-state index is 13.1. The molecule has 1 aromatic carbocycles. The normalized spacial score (nSPS) is 11.0. The molecule has 8 heteroatoms. The van der Waals surface area contributed by atoms with Crippen LogP contribution in [0.2, 0.25) is 0 Å². The number of hydrogen-bond donors (Lipinski definition) is 0. The Labute approximate surface area is 189 Å². The zero-order valence-corrected chi connectivity index (χ0v) is 19.2. The lowest BCUT2D eigenvalue weighted by Crippen LogP contribution is -2.31. The van der Waals surface area contributed by atoms with Crippen LogP contribution in [-0.2, 0) is 24.4 Å². The first kappa shape index (κ1) is 21.4. The molecule has 4 rings (SSSR count). The Morgan fingerprint density at radius 3 is 2.77 bits per heavy atom. The second-order valence-electron chi connectivity index (χ2n) is 7.12. The Bertz CT molecular complexity index is 1080. The van der Waals surface area contributed by atoms with E-state index in [1.807, 2.05) is 46.7 Å². The molecule has 0 radical (unpaired) electrons. The number of thiophene rings is 1. The van der Waals surface area contributed by atoms with Crippen LogP contribution in [0, 0.1) is 6.92 Å². The van der Waals surface area contributed by atoms with Gasteiger partial charge < -0.3 is 13.9 Å². The van der Waals surface area contributed by atoms with Crippen LogP contribution in [0.15, 0.2) is 69.7 Å². The Hall–Kier alpha value is -2.84. The SMILES string of the molecule is CCn1c(SCC(=O)N(Cc2ccco2)Cc2cccs2)nnc1-c1cccc(C)c1. The van der Waals surface area contributed by atoms with Gasteiger partial charge in [0.15, 0.2) is 11.0 Å². The molecular formula is C23H24N4O2S2. The summed E-state index contributed by atoms with van der Waals surface area (Å²) in [4.78, 5) is 16.1. The zero-order valence-electron chi connectivity index (χ0n) is 17.5. The van der Waals surface area contributed by atoms with Gasteiger partial charge in [0, 0.05) is 17.0 Å². The van der Waals surface area contributed by atoms with Crippen molar-refractivity contribution in [3.05, 3.63) is 76.4 Å². The zero-order chi connectivity index (χ0) is 21.6. The minimum atomic E-state index is 0.0394. The topological polar surface area (TPSA) is 64.2 Å². The van der Waals surface area contributed by atoms with Crippen molar-refractivity contribution in [1.29, 1.82) is 0 Å². The molecule has 4 aromatic rings. The first-order valence-electron chi connectivity index (χ1n) is 10.1. The summed E-state index contributed by atoms with van der Waals surface area (Å²) < 4.78 is 7.53. The molecular weight excluding hydrogens is 428 g/mol. The molecule has 0 bridgehead atoms. The molecule has 160 valence electrons. The number of benzene rings is 1. The second-order valence-corrected chi connectivity index (χ2v) is 9.09. The number of carbonyl (C=O) groups excluding carboxylic acids is 1. The van der Waals surface area contributed by atoms with Crippen LogP contribution in [0.1, 0.15) is 23.1 Å². The van der Waals surface area contributed by atoms with E-state index in [0.717, 1.165) is 33.7 Å². The van der Waals surface area contributed by atoms with Gasteiger partial charge in [-0.05, 0) is 43.5 Å². The molecule has 0 saturated carbocycles. The fraction of sp³-hybridized carbons (Fsp3) is 0.261. The van der Waals surface area contributed by atoms with Crippen molar-refractivity contribution in [3.63, 3.8) is 0 Å². The third-order valence-electron chi connectivity index (χ3n) is 4.84. The smallest absolute Gasteiger partial charge is 0.233 e. The minimum Gasteiger partial charge on any atom is -0.467 e. The largest absolute Gasteiger partial charge is 0.467 e. The van der Waals surface area contributed by atoms with Crippen molar-refractivity contribution in [1.82, 2.24) is 19.7 Å². The Kier molecular flexibility index (Phi) is 6.89. The fourth-order valence-corrected chi connectivity index (χ4v) is 4.93. The molecule has 31 heavy (non-hydrogen) atoms. The van der Waals surface area contributed by atoms with Gasteiger partial charge in [-0.15, -0.1) is 21.5 Å². The molecule has 1 amide bonds. The highest BCUT2D eigenvalue weighted by atomic mass is 32.2. The van der Waals surface area contributed by atoms with Gasteiger partial charge in [0.25, 0.3) is 0 Å². The van der Waals surface area contributed by atoms with Gasteiger partial charge in [0.1, 0.15) is 5.76 Å². The predicted octanol–water partition coefficient (Wildman–Crippen LogP) is 5.25. The summed E-state index contributed by atoms with van der Waals surface area (Å²) in [5.41, 5.74) is 2.21. The van der Waals surface area contributed by atoms with Gasteiger partial charge >= 0.3 is 0 Å². The summed E-state index contributed by atoms with van der Waals surface area (Å²) >= 11 is 3.07. The predicted molar refractivity (Wildman–Crippen MR) is 124 cm³/mol. The summed E-state index contributed by atoms with van der Waals surface area (Å²) in [5.74, 6) is 1.93. The van der Waals surface area contributed by atoms with E-state index in [9.17, 15) is 4.79 Å². The van der Waals surface area contributed by atoms with E-state index < -0.39 is 0 Å². The number of aryl methyl sites for hydroxylation is 1. The van der Waals surface area contributed by atoms with Crippen LogP contribution in [-0.4, -0.2) is 31.3 Å². The van der Waals surface area contributed by atoms with Crippen molar-refractivity contribution in [2.45, 2.75) is 38.6 Å². The molecule has 0 N–H and O–H groups in total. The number of aromatic nitrogens is 3. The third kappa shape index (κ3) is 5.26. The third-order valence-corrected chi connectivity index (χ3v) is 6.65. The van der Waals surface area contributed by atoms with Gasteiger partial charge in [-0.25, -0.2) is 0 Å². The lowest BCUT2D eigenvalue weighted by atomic mass is 10.1. The highest BCUT2D eigenvalue weighted by molar-refractivity contribution is 7.99. The average molecular weight is 453 g/mol. The van der Waals surface area contributed by atoms with E-state index in [1.54, 1.807) is 17.6 Å². The van der Waals surface area contributed by atoms with Gasteiger partial charge in [0.2, 0.25) is 5.91 Å². The van der Waals surface area contributed by atoms with E-state index in [2.05, 4.69) is 40.7 Å². The van der Waals surface area contributed by atoms with Crippen molar-refractivity contribution >= 4 is 29.0 Å². The van der Waals surface area contributed by atoms with Gasteiger partial charge in [-0.3, -0.25) is 4.79 Å². The monoisotopic (exact) mass is 452 g/mol. The first-order valence-corrected chi connectivity index (χ1v) is 12.0. The number of nitrogens with zero attached hydrogens (tertiary/aromatic N) is 4. The van der Waals surface area contributed by atoms with Crippen LogP contribution >= 0.6 is 23.1 Å². The molecule has 3 heterocycles. The maximum atomic E-state index is 13.1. The van der Waals surface area contributed by atoms with E-state index in [0.29, 0.717) is 13.1 Å². The van der Waals surface area contributed by atoms with Crippen molar-refractivity contribution in [2.75, 3.05) is 5.75 Å². The van der Waals surface area contributed by atoms with E-state index in [1.165, 1.54) is 17.3 Å². The number of furan rings is 1. The average Bonchev–Trinajstić information content (AvgIpc) is 3.53. The first-order chi connectivity index (χ1) is 15.1. The van der Waals surface area contributed by atoms with Gasteiger partial charge in [-0.1, -0.05) is 41.6 Å². The van der Waals surface area contributed by atoms with Crippen LogP contribution < -0.4 is 0 Å². The fourth-order valence-electron chi connectivity index (χ4n) is 3.31. The van der Waals surface area contributed by atoms with Gasteiger partial charge in [-0.2, -0.15) is 0 Å². The Morgan fingerprint density at radius 2 is 2.06 bits per heavy atom. The summed E-state index contributed by atoms with van der Waals surface area (Å²) in [7, 11) is 0. The number of rotatable bonds is 9. The molecule has 0 spiro atoms. The molecule has 0 saturated heterocycles. The van der Waals surface area contributed by atoms with Crippen molar-refractivity contribution in [2.24, 2.45) is 0 Å². The van der Waals surface area contributed by atoms with E-state index in [4.69, 9.17) is 4.42 Å². The standard InChI is InChI=1S/C23H24N4O2S2/c1-3-27-22(18-8-4-7-17(2)13-18)24-25-23(27)31-16-21(28)26(14-19-9-5-11-29-19)15-20-10-6-12-30-20/h4-13H,3,14-16H2,1-2H3. The van der Waals surface area contributed by atoms with E-state index in [-0.39, 0.29) is 11.7 Å². The molecule has 6 nitrogen and oxygen atoms in total. The highest BCUT2D eigenvalue weighted by Gasteiger charge is 2.19. The van der Waals surface area contributed by atoms with E-state index >= 15 is 0 Å². The quantitative estimate of drug-likeness (QED) is 0.325. The molecule has 3 aromatic heterocycles. The Balaban J connectivity index is 1.48. The van der Waals surface area contributed by atoms with Gasteiger partial charge in [0.05, 0.1) is 25.1 Å². The van der Waals surface area contributed by atoms with Crippen LogP contribution in [0.4, 0.5) is 0 Å². The molecule has 0 aliphatic carbocycles. The number of thioether (sulfide) groups is 1. The van der Waals surface area contributed by atoms with Crippen LogP contribution in [0.5, 0.6) is 0 Å². The summed E-state index contributed by atoms with van der Waals surface area (Å²) in [6.07, 6.45) is 1.63. The van der Waals surface area contributed by atoms with Crippen molar-refractivity contribution in [3.8, 4) is 11.4 Å². The second kappa shape index (κ2) is 9.98. The summed E-state index contributed by atoms with van der Waals surface area (Å²) in [5, 5.41) is 11.5. The van der Waals surface area contributed by atoms with Crippen LogP contribution in [0.25, 0.3) is 11.4 Å². The Morgan fingerprint density at radius 1 is 1.16 bits per heavy atom. The number of hydrogen-bond acceptors (Lipinski definition) is 6. The molecule has 0 aliphatic rings. The lowest BCUT2D eigenvalue weighted by Gasteiger charge is -2.21. The van der Waals surface area contributed by atoms with Crippen LogP contribution in [0.3, 0.4) is 0 Å². The molecule has 0 unspecified atom stereocenters.